The van der Waals surface area contributed by atoms with Crippen LogP contribution in [0.1, 0.15) is 23.5 Å². The maximum Gasteiger partial charge on any atom is 0.417 e. The van der Waals surface area contributed by atoms with E-state index in [0.717, 1.165) is 6.07 Å². The minimum Gasteiger partial charge on any atom is -0.322 e. The topological polar surface area (TPSA) is 51.8 Å². The molecule has 0 spiro atoms. The van der Waals surface area contributed by atoms with Gasteiger partial charge in [-0.15, -0.1) is 10.2 Å². The standard InChI is InChI=1S/C11H9BrF3N3S/c1-5(16)9-17-18-10(19-9)6-2-3-8(12)7(4-6)11(13,14)15/h2-5H,16H2,1H3. The van der Waals surface area contributed by atoms with Crippen molar-refractivity contribution in [3.63, 3.8) is 0 Å². The number of benzene rings is 1. The van der Waals surface area contributed by atoms with E-state index in [1.165, 1.54) is 17.4 Å². The Morgan fingerprint density at radius 1 is 1.32 bits per heavy atom. The van der Waals surface area contributed by atoms with Crippen LogP contribution in [0.4, 0.5) is 13.2 Å². The molecule has 0 aliphatic rings. The highest BCUT2D eigenvalue weighted by molar-refractivity contribution is 9.10. The molecule has 0 saturated heterocycles. The van der Waals surface area contributed by atoms with Crippen LogP contribution in [-0.4, -0.2) is 10.2 Å². The van der Waals surface area contributed by atoms with Crippen LogP contribution in [0.2, 0.25) is 0 Å². The van der Waals surface area contributed by atoms with Crippen molar-refractivity contribution in [2.45, 2.75) is 19.1 Å². The molecule has 2 N–H and O–H groups in total. The first-order valence-corrected chi connectivity index (χ1v) is 6.86. The van der Waals surface area contributed by atoms with Gasteiger partial charge in [-0.2, -0.15) is 13.2 Å². The Labute approximate surface area is 119 Å². The van der Waals surface area contributed by atoms with Crippen LogP contribution >= 0.6 is 27.3 Å². The molecule has 1 aromatic carbocycles. The van der Waals surface area contributed by atoms with Crippen LogP contribution < -0.4 is 5.73 Å². The molecule has 0 aliphatic carbocycles. The zero-order valence-electron chi connectivity index (χ0n) is 9.70. The van der Waals surface area contributed by atoms with E-state index in [4.69, 9.17) is 5.73 Å². The van der Waals surface area contributed by atoms with Gasteiger partial charge < -0.3 is 5.73 Å². The maximum absolute atomic E-state index is 12.8. The zero-order chi connectivity index (χ0) is 14.2. The average Bonchev–Trinajstić information content (AvgIpc) is 2.77. The van der Waals surface area contributed by atoms with Crippen LogP contribution in [0.5, 0.6) is 0 Å². The molecule has 8 heteroatoms. The number of halogens is 4. The van der Waals surface area contributed by atoms with Gasteiger partial charge in [-0.1, -0.05) is 33.3 Å². The summed E-state index contributed by atoms with van der Waals surface area (Å²) in [6, 6.07) is 3.68. The third-order valence-corrected chi connectivity index (χ3v) is 4.21. The van der Waals surface area contributed by atoms with Crippen molar-refractivity contribution in [2.75, 3.05) is 0 Å². The van der Waals surface area contributed by atoms with Gasteiger partial charge in [0.15, 0.2) is 0 Å². The van der Waals surface area contributed by atoms with E-state index in [9.17, 15) is 13.2 Å². The molecule has 1 unspecified atom stereocenters. The van der Waals surface area contributed by atoms with E-state index in [0.29, 0.717) is 15.6 Å². The normalized spacial score (nSPS) is 13.6. The number of nitrogens with zero attached hydrogens (tertiary/aromatic N) is 2. The number of aromatic nitrogens is 2. The summed E-state index contributed by atoms with van der Waals surface area (Å²) < 4.78 is 38.4. The lowest BCUT2D eigenvalue weighted by Gasteiger charge is -2.09. The maximum atomic E-state index is 12.8. The van der Waals surface area contributed by atoms with Crippen LogP contribution in [0.25, 0.3) is 10.6 Å². The van der Waals surface area contributed by atoms with Crippen molar-refractivity contribution in [1.29, 1.82) is 0 Å². The first kappa shape index (κ1) is 14.4. The Hall–Kier alpha value is -0.990. The van der Waals surface area contributed by atoms with Crippen molar-refractivity contribution >= 4 is 27.3 Å². The first-order valence-electron chi connectivity index (χ1n) is 5.25. The Morgan fingerprint density at radius 2 is 2.00 bits per heavy atom. The molecule has 102 valence electrons. The molecule has 0 saturated carbocycles. The molecule has 0 bridgehead atoms. The molecule has 2 aromatic rings. The number of rotatable bonds is 2. The number of hydrogen-bond donors (Lipinski definition) is 1. The highest BCUT2D eigenvalue weighted by atomic mass is 79.9. The second-order valence-electron chi connectivity index (χ2n) is 3.93. The molecule has 1 aromatic heterocycles. The lowest BCUT2D eigenvalue weighted by molar-refractivity contribution is -0.138. The van der Waals surface area contributed by atoms with E-state index < -0.39 is 11.7 Å². The van der Waals surface area contributed by atoms with Gasteiger partial charge in [0.25, 0.3) is 0 Å². The summed E-state index contributed by atoms with van der Waals surface area (Å²) in [5, 5.41) is 8.73. The predicted octanol–water partition coefficient (Wildman–Crippen LogP) is 4.01. The van der Waals surface area contributed by atoms with Gasteiger partial charge in [0, 0.05) is 10.0 Å². The van der Waals surface area contributed by atoms with Gasteiger partial charge in [0.2, 0.25) is 0 Å². The molecule has 3 nitrogen and oxygen atoms in total. The Morgan fingerprint density at radius 3 is 2.53 bits per heavy atom. The second-order valence-corrected chi connectivity index (χ2v) is 5.79. The summed E-state index contributed by atoms with van der Waals surface area (Å²) in [4.78, 5) is 0. The predicted molar refractivity (Wildman–Crippen MR) is 70.6 cm³/mol. The fraction of sp³-hybridized carbons (Fsp3) is 0.273. The quantitative estimate of drug-likeness (QED) is 0.889. The van der Waals surface area contributed by atoms with Crippen molar-refractivity contribution in [3.8, 4) is 10.6 Å². The third-order valence-electron chi connectivity index (χ3n) is 2.35. The van der Waals surface area contributed by atoms with Crippen molar-refractivity contribution < 1.29 is 13.2 Å². The molecular weight excluding hydrogens is 343 g/mol. The largest absolute Gasteiger partial charge is 0.417 e. The van der Waals surface area contributed by atoms with Gasteiger partial charge >= 0.3 is 6.18 Å². The molecular formula is C11H9BrF3N3S. The van der Waals surface area contributed by atoms with E-state index >= 15 is 0 Å². The molecule has 2 rings (SSSR count). The molecule has 0 radical (unpaired) electrons. The SMILES string of the molecule is CC(N)c1nnc(-c2ccc(Br)c(C(F)(F)F)c2)s1. The van der Waals surface area contributed by atoms with E-state index in [-0.39, 0.29) is 10.5 Å². The lowest BCUT2D eigenvalue weighted by Crippen LogP contribution is -2.06. The van der Waals surface area contributed by atoms with Gasteiger partial charge in [-0.3, -0.25) is 0 Å². The van der Waals surface area contributed by atoms with Crippen molar-refractivity contribution in [3.05, 3.63) is 33.2 Å². The zero-order valence-corrected chi connectivity index (χ0v) is 12.1. The molecule has 0 fully saturated rings. The smallest absolute Gasteiger partial charge is 0.322 e. The molecule has 19 heavy (non-hydrogen) atoms. The van der Waals surface area contributed by atoms with Crippen LogP contribution in [0, 0.1) is 0 Å². The molecule has 1 heterocycles. The second kappa shape index (κ2) is 5.18. The molecule has 1 atom stereocenters. The molecule has 0 amide bonds. The number of alkyl halides is 3. The Kier molecular flexibility index (Phi) is 3.93. The van der Waals surface area contributed by atoms with Crippen molar-refractivity contribution in [2.24, 2.45) is 5.73 Å². The van der Waals surface area contributed by atoms with E-state index in [2.05, 4.69) is 26.1 Å². The van der Waals surface area contributed by atoms with Crippen molar-refractivity contribution in [1.82, 2.24) is 10.2 Å². The summed E-state index contributed by atoms with van der Waals surface area (Å²) in [7, 11) is 0. The third kappa shape index (κ3) is 3.13. The van der Waals surface area contributed by atoms with Gasteiger partial charge in [0.1, 0.15) is 10.0 Å². The minimum atomic E-state index is -4.41. The summed E-state index contributed by atoms with van der Waals surface area (Å²) in [6.07, 6.45) is -4.41. The number of hydrogen-bond acceptors (Lipinski definition) is 4. The highest BCUT2D eigenvalue weighted by Crippen LogP contribution is 2.38. The van der Waals surface area contributed by atoms with Gasteiger partial charge in [-0.05, 0) is 19.1 Å². The lowest BCUT2D eigenvalue weighted by atomic mass is 10.1. The van der Waals surface area contributed by atoms with E-state index in [1.807, 2.05) is 0 Å². The Balaban J connectivity index is 2.45. The van der Waals surface area contributed by atoms with E-state index in [1.54, 1.807) is 13.0 Å². The summed E-state index contributed by atoms with van der Waals surface area (Å²) >= 11 is 4.08. The first-order chi connectivity index (χ1) is 8.79. The highest BCUT2D eigenvalue weighted by Gasteiger charge is 2.33. The average molecular weight is 352 g/mol. The summed E-state index contributed by atoms with van der Waals surface area (Å²) in [5.74, 6) is 0. The summed E-state index contributed by atoms with van der Waals surface area (Å²) in [5.41, 5.74) is 5.29. The monoisotopic (exact) mass is 351 g/mol. The summed E-state index contributed by atoms with van der Waals surface area (Å²) in [6.45, 7) is 1.74. The Bertz CT molecular complexity index is 595. The van der Waals surface area contributed by atoms with Crippen LogP contribution in [0.3, 0.4) is 0 Å². The van der Waals surface area contributed by atoms with Gasteiger partial charge in [0.05, 0.1) is 11.6 Å². The molecule has 0 aliphatic heterocycles. The number of nitrogens with two attached hydrogens (primary N) is 1. The van der Waals surface area contributed by atoms with Crippen LogP contribution in [0.15, 0.2) is 22.7 Å². The van der Waals surface area contributed by atoms with Crippen LogP contribution in [-0.2, 0) is 6.18 Å². The fourth-order valence-corrected chi connectivity index (χ4v) is 2.67. The fourth-order valence-electron chi connectivity index (χ4n) is 1.41. The van der Waals surface area contributed by atoms with Gasteiger partial charge in [-0.25, -0.2) is 0 Å². The minimum absolute atomic E-state index is 0.000631.